The maximum absolute atomic E-state index is 5.91. The van der Waals surface area contributed by atoms with Crippen LogP contribution in [0.1, 0.15) is 11.1 Å². The third kappa shape index (κ3) is 1.72. The molecule has 3 heterocycles. The smallest absolute Gasteiger partial charge is 0.129 e. The van der Waals surface area contributed by atoms with Crippen LogP contribution in [0.25, 0.3) is 33.1 Å². The summed E-state index contributed by atoms with van der Waals surface area (Å²) in [4.78, 5) is 4.99. The Balaban J connectivity index is 1.87. The Morgan fingerprint density at radius 2 is 2.04 bits per heavy atom. The largest absolute Gasteiger partial charge is 0.488 e. The van der Waals surface area contributed by atoms with E-state index in [4.69, 9.17) is 9.72 Å². The van der Waals surface area contributed by atoms with Gasteiger partial charge in [0.15, 0.2) is 0 Å². The third-order valence-electron chi connectivity index (χ3n) is 4.57. The summed E-state index contributed by atoms with van der Waals surface area (Å²) in [5, 5.41) is 6.58. The van der Waals surface area contributed by atoms with Gasteiger partial charge in [0, 0.05) is 28.9 Å². The maximum atomic E-state index is 5.91. The highest BCUT2D eigenvalue weighted by Crippen LogP contribution is 2.39. The van der Waals surface area contributed by atoms with Crippen molar-refractivity contribution < 1.29 is 4.74 Å². The summed E-state index contributed by atoms with van der Waals surface area (Å²) in [6, 6.07) is 12.7. The SMILES string of the molecule is Cc1ccc2c(c1)OCc1cc3ccc4c(cnn4C)c3nc1-2. The Morgan fingerprint density at radius 1 is 1.13 bits per heavy atom. The molecule has 0 radical (unpaired) electrons. The fraction of sp³-hybridized carbons (Fsp3) is 0.158. The highest BCUT2D eigenvalue weighted by molar-refractivity contribution is 6.04. The molecule has 0 bridgehead atoms. The molecule has 1 aliphatic heterocycles. The molecule has 0 unspecified atom stereocenters. The molecule has 4 nitrogen and oxygen atoms in total. The highest BCUT2D eigenvalue weighted by Gasteiger charge is 2.20. The lowest BCUT2D eigenvalue weighted by Crippen LogP contribution is -2.07. The van der Waals surface area contributed by atoms with Crippen LogP contribution < -0.4 is 4.74 Å². The first kappa shape index (κ1) is 12.6. The molecule has 5 rings (SSSR count). The first-order chi connectivity index (χ1) is 11.2. The standard InChI is InChI=1S/C19H15N3O/c1-11-3-5-14-17(7-11)23-10-13-8-12-4-6-16-15(9-20-22(16)2)18(12)21-19(13)14/h3-9H,10H2,1-2H3. The van der Waals surface area contributed by atoms with Crippen LogP contribution in [0.2, 0.25) is 0 Å². The van der Waals surface area contributed by atoms with Crippen LogP contribution in [0, 0.1) is 6.92 Å². The number of aromatic nitrogens is 3. The molecule has 0 aliphatic carbocycles. The minimum absolute atomic E-state index is 0.569. The summed E-state index contributed by atoms with van der Waals surface area (Å²) >= 11 is 0. The topological polar surface area (TPSA) is 39.9 Å². The number of fused-ring (bicyclic) bond motifs is 6. The van der Waals surface area contributed by atoms with Gasteiger partial charge in [-0.1, -0.05) is 12.1 Å². The van der Waals surface area contributed by atoms with Crippen LogP contribution in [0.3, 0.4) is 0 Å². The van der Waals surface area contributed by atoms with Gasteiger partial charge in [-0.15, -0.1) is 0 Å². The molecule has 112 valence electrons. The quantitative estimate of drug-likeness (QED) is 0.493. The van der Waals surface area contributed by atoms with E-state index in [2.05, 4.69) is 48.4 Å². The average molecular weight is 301 g/mol. The van der Waals surface area contributed by atoms with Crippen LogP contribution >= 0.6 is 0 Å². The van der Waals surface area contributed by atoms with Crippen molar-refractivity contribution in [3.63, 3.8) is 0 Å². The van der Waals surface area contributed by atoms with E-state index in [0.717, 1.165) is 44.4 Å². The number of rotatable bonds is 0. The van der Waals surface area contributed by atoms with Gasteiger partial charge in [-0.2, -0.15) is 5.10 Å². The van der Waals surface area contributed by atoms with E-state index in [0.29, 0.717) is 6.61 Å². The first-order valence-electron chi connectivity index (χ1n) is 7.69. The van der Waals surface area contributed by atoms with Crippen molar-refractivity contribution in [2.45, 2.75) is 13.5 Å². The Kier molecular flexibility index (Phi) is 2.37. The minimum Gasteiger partial charge on any atom is -0.488 e. The van der Waals surface area contributed by atoms with E-state index in [1.54, 1.807) is 0 Å². The zero-order valence-electron chi connectivity index (χ0n) is 13.0. The molecule has 0 saturated heterocycles. The van der Waals surface area contributed by atoms with Crippen LogP contribution in [0.15, 0.2) is 42.6 Å². The highest BCUT2D eigenvalue weighted by atomic mass is 16.5. The molecule has 0 amide bonds. The predicted molar refractivity (Wildman–Crippen MR) is 90.5 cm³/mol. The Bertz CT molecular complexity index is 1090. The van der Waals surface area contributed by atoms with Gasteiger partial charge in [0.2, 0.25) is 0 Å². The zero-order valence-corrected chi connectivity index (χ0v) is 13.0. The monoisotopic (exact) mass is 301 g/mol. The summed E-state index contributed by atoms with van der Waals surface area (Å²) in [7, 11) is 1.96. The summed E-state index contributed by atoms with van der Waals surface area (Å²) in [6.45, 7) is 2.64. The van der Waals surface area contributed by atoms with Gasteiger partial charge in [-0.25, -0.2) is 4.98 Å². The lowest BCUT2D eigenvalue weighted by atomic mass is 9.99. The number of pyridine rings is 1. The van der Waals surface area contributed by atoms with Gasteiger partial charge in [0.25, 0.3) is 0 Å². The van der Waals surface area contributed by atoms with Crippen LogP contribution in [0.5, 0.6) is 5.75 Å². The molecule has 4 aromatic rings. The second-order valence-electron chi connectivity index (χ2n) is 6.12. The molecule has 1 aliphatic rings. The normalized spacial score (nSPS) is 13.0. The van der Waals surface area contributed by atoms with E-state index < -0.39 is 0 Å². The number of hydrogen-bond acceptors (Lipinski definition) is 3. The number of hydrogen-bond donors (Lipinski definition) is 0. The van der Waals surface area contributed by atoms with Gasteiger partial charge in [-0.05, 0) is 36.8 Å². The zero-order chi connectivity index (χ0) is 15.6. The third-order valence-corrected chi connectivity index (χ3v) is 4.57. The van der Waals surface area contributed by atoms with Crippen molar-refractivity contribution in [3.8, 4) is 17.0 Å². The van der Waals surface area contributed by atoms with E-state index in [9.17, 15) is 0 Å². The van der Waals surface area contributed by atoms with E-state index in [1.807, 2.05) is 17.9 Å². The fourth-order valence-electron chi connectivity index (χ4n) is 3.35. The summed E-state index contributed by atoms with van der Waals surface area (Å²) in [5.41, 5.74) is 6.53. The van der Waals surface area contributed by atoms with Crippen LogP contribution in [-0.4, -0.2) is 14.8 Å². The molecule has 0 fully saturated rings. The van der Waals surface area contributed by atoms with Crippen molar-refractivity contribution in [2.24, 2.45) is 7.05 Å². The van der Waals surface area contributed by atoms with Gasteiger partial charge in [-0.3, -0.25) is 4.68 Å². The molecular weight excluding hydrogens is 286 g/mol. The lowest BCUT2D eigenvalue weighted by molar-refractivity contribution is 0.301. The molecule has 0 atom stereocenters. The number of benzene rings is 2. The van der Waals surface area contributed by atoms with Crippen molar-refractivity contribution in [1.29, 1.82) is 0 Å². The number of aryl methyl sites for hydroxylation is 2. The summed E-state index contributed by atoms with van der Waals surface area (Å²) < 4.78 is 7.80. The molecule has 0 saturated carbocycles. The second kappa shape index (κ2) is 4.32. The van der Waals surface area contributed by atoms with Gasteiger partial charge >= 0.3 is 0 Å². The molecule has 2 aromatic heterocycles. The van der Waals surface area contributed by atoms with Gasteiger partial charge < -0.3 is 4.74 Å². The minimum atomic E-state index is 0.569. The van der Waals surface area contributed by atoms with Crippen molar-refractivity contribution >= 4 is 21.8 Å². The first-order valence-corrected chi connectivity index (χ1v) is 7.69. The van der Waals surface area contributed by atoms with Crippen LogP contribution in [0.4, 0.5) is 0 Å². The predicted octanol–water partition coefficient (Wildman–Crippen LogP) is 3.99. The Labute approximate surface area is 133 Å². The van der Waals surface area contributed by atoms with Gasteiger partial charge in [0.05, 0.1) is 22.9 Å². The molecule has 0 N–H and O–H groups in total. The maximum Gasteiger partial charge on any atom is 0.129 e. The van der Waals surface area contributed by atoms with Crippen molar-refractivity contribution in [2.75, 3.05) is 0 Å². The lowest BCUT2D eigenvalue weighted by Gasteiger charge is -2.21. The Hall–Kier alpha value is -2.88. The van der Waals surface area contributed by atoms with E-state index in [-0.39, 0.29) is 0 Å². The molecule has 23 heavy (non-hydrogen) atoms. The fourth-order valence-corrected chi connectivity index (χ4v) is 3.35. The number of ether oxygens (including phenoxy) is 1. The molecule has 0 spiro atoms. The van der Waals surface area contributed by atoms with E-state index in [1.165, 1.54) is 5.56 Å². The van der Waals surface area contributed by atoms with E-state index >= 15 is 0 Å². The van der Waals surface area contributed by atoms with Crippen molar-refractivity contribution in [1.82, 2.24) is 14.8 Å². The Morgan fingerprint density at radius 3 is 2.96 bits per heavy atom. The van der Waals surface area contributed by atoms with Gasteiger partial charge in [0.1, 0.15) is 12.4 Å². The second-order valence-corrected chi connectivity index (χ2v) is 6.12. The molecule has 4 heteroatoms. The van der Waals surface area contributed by atoms with Crippen molar-refractivity contribution in [3.05, 3.63) is 53.7 Å². The molecular formula is C19H15N3O. The average Bonchev–Trinajstić information content (AvgIpc) is 2.94. The molecule has 2 aromatic carbocycles. The van der Waals surface area contributed by atoms with Crippen LogP contribution in [-0.2, 0) is 13.7 Å². The summed E-state index contributed by atoms with van der Waals surface area (Å²) in [6.07, 6.45) is 1.90. The number of nitrogens with zero attached hydrogens (tertiary/aromatic N) is 3. The summed E-state index contributed by atoms with van der Waals surface area (Å²) in [5.74, 6) is 0.919.